The molecule has 0 aliphatic rings. The molecule has 1 N–H and O–H groups in total. The number of fused-ring (bicyclic) bond motifs is 1. The van der Waals surface area contributed by atoms with Crippen LogP contribution in [0.2, 0.25) is 0 Å². The van der Waals surface area contributed by atoms with Crippen LogP contribution in [0.5, 0.6) is 0 Å². The highest BCUT2D eigenvalue weighted by Gasteiger charge is 2.18. The smallest absolute Gasteiger partial charge is 0.338 e. The molecule has 38 heavy (non-hydrogen) atoms. The molecule has 0 unspecified atom stereocenters. The maximum atomic E-state index is 12.7. The molecule has 3 aromatic carbocycles. The van der Waals surface area contributed by atoms with Crippen molar-refractivity contribution in [2.45, 2.75) is 18.6 Å². The fraction of sp³-hybridized carbons (Fsp3) is 0.148. The van der Waals surface area contributed by atoms with Crippen LogP contribution in [-0.4, -0.2) is 43.6 Å². The lowest BCUT2D eigenvalue weighted by molar-refractivity contribution is -0.113. The number of carbonyl (C=O) groups is 2. The molecule has 0 spiro atoms. The molecule has 192 valence electrons. The maximum Gasteiger partial charge on any atom is 0.338 e. The van der Waals surface area contributed by atoms with Crippen LogP contribution in [0.4, 0.5) is 5.69 Å². The highest BCUT2D eigenvalue weighted by Crippen LogP contribution is 2.24. The monoisotopic (exact) mass is 545 g/mol. The van der Waals surface area contributed by atoms with Gasteiger partial charge in [-0.3, -0.25) is 18.7 Å². The molecule has 2 aromatic heterocycles. The van der Waals surface area contributed by atoms with E-state index in [-0.39, 0.29) is 23.1 Å². The van der Waals surface area contributed by atoms with Crippen molar-refractivity contribution < 1.29 is 14.3 Å². The number of benzene rings is 3. The molecule has 0 atom stereocenters. The summed E-state index contributed by atoms with van der Waals surface area (Å²) in [4.78, 5) is 37.2. The van der Waals surface area contributed by atoms with Gasteiger partial charge in [-0.15, -0.1) is 10.2 Å². The third kappa shape index (κ3) is 5.53. The minimum atomic E-state index is -0.408. The first-order valence-electron chi connectivity index (χ1n) is 11.8. The van der Waals surface area contributed by atoms with Gasteiger partial charge in [-0.05, 0) is 55.5 Å². The van der Waals surface area contributed by atoms with E-state index >= 15 is 0 Å². The van der Waals surface area contributed by atoms with E-state index < -0.39 is 5.97 Å². The summed E-state index contributed by atoms with van der Waals surface area (Å²) in [6, 6.07) is 23.7. The Morgan fingerprint density at radius 3 is 2.47 bits per heavy atom. The molecule has 0 bridgehead atoms. The van der Waals surface area contributed by atoms with E-state index in [9.17, 15) is 14.4 Å². The SMILES string of the molecule is CCOC(=O)c1ccc(NC(=O)CSc2nnc(Cn3c(=O)sc4ccccc43)n2-c2ccccc2)cc1. The number of aromatic nitrogens is 4. The topological polar surface area (TPSA) is 108 Å². The fourth-order valence-corrected chi connectivity index (χ4v) is 5.53. The van der Waals surface area contributed by atoms with Gasteiger partial charge in [-0.1, -0.05) is 53.4 Å². The summed E-state index contributed by atoms with van der Waals surface area (Å²) in [6.45, 7) is 2.28. The molecule has 9 nitrogen and oxygen atoms in total. The quantitative estimate of drug-likeness (QED) is 0.213. The van der Waals surface area contributed by atoms with Crippen LogP contribution in [0.3, 0.4) is 0 Å². The zero-order valence-corrected chi connectivity index (χ0v) is 22.0. The van der Waals surface area contributed by atoms with Crippen molar-refractivity contribution in [3.8, 4) is 5.69 Å². The van der Waals surface area contributed by atoms with Gasteiger partial charge in [0.15, 0.2) is 11.0 Å². The molecule has 5 rings (SSSR count). The van der Waals surface area contributed by atoms with E-state index in [0.29, 0.717) is 28.8 Å². The van der Waals surface area contributed by atoms with Crippen molar-refractivity contribution in [2.24, 2.45) is 0 Å². The number of esters is 1. The van der Waals surface area contributed by atoms with Crippen LogP contribution in [0.25, 0.3) is 15.9 Å². The lowest BCUT2D eigenvalue weighted by Crippen LogP contribution is -2.17. The second kappa shape index (κ2) is 11.4. The number of rotatable bonds is 9. The molecule has 0 saturated carbocycles. The lowest BCUT2D eigenvalue weighted by Gasteiger charge is -2.11. The van der Waals surface area contributed by atoms with E-state index in [2.05, 4.69) is 15.5 Å². The summed E-state index contributed by atoms with van der Waals surface area (Å²) in [5, 5.41) is 12.1. The van der Waals surface area contributed by atoms with Crippen LogP contribution in [-0.2, 0) is 16.1 Å². The van der Waals surface area contributed by atoms with Gasteiger partial charge in [0.1, 0.15) is 0 Å². The standard InChI is InChI=1S/C27H23N5O4S2/c1-2-36-25(34)18-12-14-19(15-13-18)28-24(33)17-37-26-30-29-23(32(26)20-8-4-3-5-9-20)16-31-21-10-6-7-11-22(21)38-27(31)35/h3-15H,2,16-17H2,1H3,(H,28,33). The molecular formula is C27H23N5O4S2. The Kier molecular flexibility index (Phi) is 7.66. The summed E-state index contributed by atoms with van der Waals surface area (Å²) in [6.07, 6.45) is 0. The van der Waals surface area contributed by atoms with E-state index in [0.717, 1.165) is 15.9 Å². The van der Waals surface area contributed by atoms with Crippen LogP contribution >= 0.6 is 23.1 Å². The molecule has 0 saturated heterocycles. The number of hydrogen-bond donors (Lipinski definition) is 1. The van der Waals surface area contributed by atoms with Gasteiger partial charge in [-0.2, -0.15) is 0 Å². The van der Waals surface area contributed by atoms with E-state index in [1.165, 1.54) is 23.1 Å². The molecule has 5 aromatic rings. The second-order valence-corrected chi connectivity index (χ2v) is 10.1. The number of thioether (sulfide) groups is 1. The Hall–Kier alpha value is -4.22. The maximum absolute atomic E-state index is 12.7. The number of amides is 1. The number of nitrogens with one attached hydrogen (secondary N) is 1. The van der Waals surface area contributed by atoms with Crippen LogP contribution in [0.15, 0.2) is 88.8 Å². The Morgan fingerprint density at radius 1 is 0.974 bits per heavy atom. The average Bonchev–Trinajstić information content (AvgIpc) is 3.48. The van der Waals surface area contributed by atoms with E-state index in [4.69, 9.17) is 4.74 Å². The van der Waals surface area contributed by atoms with Crippen molar-refractivity contribution in [3.63, 3.8) is 0 Å². The second-order valence-electron chi connectivity index (χ2n) is 8.13. The summed E-state index contributed by atoms with van der Waals surface area (Å²) in [5.74, 6) is 0.0310. The number of carbonyl (C=O) groups excluding carboxylic acids is 2. The van der Waals surface area contributed by atoms with Crippen molar-refractivity contribution in [1.82, 2.24) is 19.3 Å². The average molecular weight is 546 g/mol. The highest BCUT2D eigenvalue weighted by molar-refractivity contribution is 7.99. The van der Waals surface area contributed by atoms with Gasteiger partial charge in [0, 0.05) is 11.4 Å². The normalized spacial score (nSPS) is 11.0. The number of ether oxygens (including phenoxy) is 1. The third-order valence-corrected chi connectivity index (χ3v) is 7.49. The Morgan fingerprint density at radius 2 is 1.71 bits per heavy atom. The molecule has 11 heteroatoms. The minimum absolute atomic E-state index is 0.0728. The van der Waals surface area contributed by atoms with E-state index in [1.54, 1.807) is 35.8 Å². The summed E-state index contributed by atoms with van der Waals surface area (Å²) in [7, 11) is 0. The largest absolute Gasteiger partial charge is 0.462 e. The van der Waals surface area contributed by atoms with Crippen molar-refractivity contribution in [3.05, 3.63) is 99.9 Å². The first-order chi connectivity index (χ1) is 18.5. The lowest BCUT2D eigenvalue weighted by atomic mass is 10.2. The van der Waals surface area contributed by atoms with Gasteiger partial charge < -0.3 is 10.1 Å². The third-order valence-electron chi connectivity index (χ3n) is 5.60. The predicted octanol–water partition coefficient (Wildman–Crippen LogP) is 4.60. The summed E-state index contributed by atoms with van der Waals surface area (Å²) >= 11 is 2.44. The number of para-hydroxylation sites is 2. The number of hydrogen-bond acceptors (Lipinski definition) is 8. The van der Waals surface area contributed by atoms with Crippen molar-refractivity contribution in [2.75, 3.05) is 17.7 Å². The fourth-order valence-electron chi connectivity index (χ4n) is 3.87. The van der Waals surface area contributed by atoms with Crippen LogP contribution < -0.4 is 10.2 Å². The number of anilines is 1. The van der Waals surface area contributed by atoms with Crippen LogP contribution in [0, 0.1) is 0 Å². The molecule has 0 aliphatic heterocycles. The summed E-state index contributed by atoms with van der Waals surface area (Å²) in [5.41, 5.74) is 2.66. The molecule has 0 fully saturated rings. The van der Waals surface area contributed by atoms with Crippen LogP contribution in [0.1, 0.15) is 23.1 Å². The summed E-state index contributed by atoms with van der Waals surface area (Å²) < 4.78 is 9.44. The predicted molar refractivity (Wildman–Crippen MR) is 148 cm³/mol. The first kappa shape index (κ1) is 25.4. The van der Waals surface area contributed by atoms with Crippen molar-refractivity contribution >= 4 is 50.9 Å². The van der Waals surface area contributed by atoms with Gasteiger partial charge >= 0.3 is 10.8 Å². The van der Waals surface area contributed by atoms with Crippen molar-refractivity contribution in [1.29, 1.82) is 0 Å². The van der Waals surface area contributed by atoms with Gasteiger partial charge in [0.2, 0.25) is 5.91 Å². The zero-order valence-electron chi connectivity index (χ0n) is 20.4. The zero-order chi connectivity index (χ0) is 26.5. The molecule has 1 amide bonds. The minimum Gasteiger partial charge on any atom is -0.462 e. The Labute approximate surface area is 226 Å². The molecule has 0 radical (unpaired) electrons. The molecule has 0 aliphatic carbocycles. The molecular weight excluding hydrogens is 522 g/mol. The Bertz CT molecular complexity index is 1640. The van der Waals surface area contributed by atoms with E-state index in [1.807, 2.05) is 59.2 Å². The number of nitrogens with zero attached hydrogens (tertiary/aromatic N) is 4. The number of thiazole rings is 1. The van der Waals surface area contributed by atoms with Gasteiger partial charge in [0.05, 0.1) is 34.7 Å². The highest BCUT2D eigenvalue weighted by atomic mass is 32.2. The van der Waals surface area contributed by atoms with Gasteiger partial charge in [-0.25, -0.2) is 4.79 Å². The first-order valence-corrected chi connectivity index (χ1v) is 13.6. The Balaban J connectivity index is 1.34. The van der Waals surface area contributed by atoms with Gasteiger partial charge in [0.25, 0.3) is 0 Å². The molecule has 2 heterocycles.